The molecule has 1 aromatic rings. The van der Waals surface area contributed by atoms with Gasteiger partial charge >= 0.3 is 5.97 Å². The maximum Gasteiger partial charge on any atom is 0.321 e. The molecular formula is C12H17ClN2O4S. The number of sulfonamides is 1. The fraction of sp³-hybridized carbons (Fsp3) is 0.500. The molecule has 0 bridgehead atoms. The predicted molar refractivity (Wildman–Crippen MR) is 74.9 cm³/mol. The van der Waals surface area contributed by atoms with Gasteiger partial charge in [-0.1, -0.05) is 11.6 Å². The summed E-state index contributed by atoms with van der Waals surface area (Å²) in [6.07, 6.45) is 2.56. The normalized spacial score (nSPS) is 11.9. The average molecular weight is 321 g/mol. The van der Waals surface area contributed by atoms with Crippen LogP contribution in [0.3, 0.4) is 0 Å². The number of rotatable bonds is 6. The summed E-state index contributed by atoms with van der Waals surface area (Å²) in [6, 6.07) is 0.970. The Morgan fingerprint density at radius 1 is 1.50 bits per heavy atom. The van der Waals surface area contributed by atoms with Gasteiger partial charge in [0.1, 0.15) is 11.4 Å². The Morgan fingerprint density at radius 3 is 2.65 bits per heavy atom. The van der Waals surface area contributed by atoms with Gasteiger partial charge in [-0.15, -0.1) is 0 Å². The van der Waals surface area contributed by atoms with E-state index in [1.807, 2.05) is 0 Å². The van der Waals surface area contributed by atoms with Gasteiger partial charge in [0, 0.05) is 18.4 Å². The largest absolute Gasteiger partial charge is 0.465 e. The van der Waals surface area contributed by atoms with Crippen LogP contribution < -0.4 is 0 Å². The van der Waals surface area contributed by atoms with Gasteiger partial charge in [0.2, 0.25) is 10.0 Å². The molecule has 8 heteroatoms. The molecule has 0 radical (unpaired) electrons. The van der Waals surface area contributed by atoms with Gasteiger partial charge in [-0.2, -0.15) is 4.31 Å². The number of carbonyl (C=O) groups excluding carboxylic acids is 1. The molecule has 0 aliphatic carbocycles. The number of halogens is 1. The van der Waals surface area contributed by atoms with Crippen LogP contribution in [0.4, 0.5) is 0 Å². The molecular weight excluding hydrogens is 304 g/mol. The molecule has 0 spiro atoms. The van der Waals surface area contributed by atoms with E-state index in [0.29, 0.717) is 0 Å². The highest BCUT2D eigenvalue weighted by atomic mass is 35.5. The molecule has 0 N–H and O–H groups in total. The number of ether oxygens (including phenoxy) is 1. The second-order valence-electron chi connectivity index (χ2n) is 4.26. The van der Waals surface area contributed by atoms with Crippen LogP contribution in [-0.4, -0.2) is 42.9 Å². The summed E-state index contributed by atoms with van der Waals surface area (Å²) in [7, 11) is -3.91. The lowest BCUT2D eigenvalue weighted by Gasteiger charge is -2.25. The van der Waals surface area contributed by atoms with Gasteiger partial charge in [0.05, 0.1) is 11.6 Å². The van der Waals surface area contributed by atoms with Crippen molar-refractivity contribution in [2.24, 2.45) is 0 Å². The molecule has 6 nitrogen and oxygen atoms in total. The van der Waals surface area contributed by atoms with Crippen molar-refractivity contribution in [3.05, 3.63) is 23.5 Å². The van der Waals surface area contributed by atoms with Crippen molar-refractivity contribution >= 4 is 27.6 Å². The van der Waals surface area contributed by atoms with E-state index >= 15 is 0 Å². The lowest BCUT2D eigenvalue weighted by Crippen LogP contribution is -2.41. The minimum absolute atomic E-state index is 0.0644. The summed E-state index contributed by atoms with van der Waals surface area (Å²) in [5.74, 6) is -0.607. The third-order valence-electron chi connectivity index (χ3n) is 2.49. The van der Waals surface area contributed by atoms with Crippen molar-refractivity contribution in [1.29, 1.82) is 0 Å². The molecule has 0 atom stereocenters. The van der Waals surface area contributed by atoms with E-state index in [9.17, 15) is 13.2 Å². The predicted octanol–water partition coefficient (Wildman–Crippen LogP) is 1.70. The molecule has 0 amide bonds. The van der Waals surface area contributed by atoms with Crippen molar-refractivity contribution < 1.29 is 17.9 Å². The van der Waals surface area contributed by atoms with Crippen molar-refractivity contribution in [2.45, 2.75) is 31.7 Å². The molecule has 0 aliphatic rings. The van der Waals surface area contributed by atoms with Crippen molar-refractivity contribution in [3.63, 3.8) is 0 Å². The first-order valence-electron chi connectivity index (χ1n) is 6.07. The van der Waals surface area contributed by atoms with Gasteiger partial charge < -0.3 is 4.74 Å². The SMILES string of the molecule is CCOC(=O)CN(C(C)C)S(=O)(=O)c1cnccc1Cl. The second-order valence-corrected chi connectivity index (χ2v) is 6.52. The number of aromatic nitrogens is 1. The topological polar surface area (TPSA) is 76.6 Å². The molecule has 112 valence electrons. The van der Waals surface area contributed by atoms with E-state index in [4.69, 9.17) is 16.3 Å². The molecule has 0 unspecified atom stereocenters. The third kappa shape index (κ3) is 3.91. The van der Waals surface area contributed by atoms with Crippen LogP contribution in [-0.2, 0) is 19.6 Å². The summed E-state index contributed by atoms with van der Waals surface area (Å²) in [4.78, 5) is 15.2. The van der Waals surface area contributed by atoms with E-state index in [2.05, 4.69) is 4.98 Å². The highest BCUT2D eigenvalue weighted by Gasteiger charge is 2.31. The van der Waals surface area contributed by atoms with Gasteiger partial charge in [-0.3, -0.25) is 9.78 Å². The molecule has 1 heterocycles. The molecule has 20 heavy (non-hydrogen) atoms. The Hall–Kier alpha value is -1.18. The van der Waals surface area contributed by atoms with Crippen LogP contribution in [0, 0.1) is 0 Å². The maximum absolute atomic E-state index is 12.5. The average Bonchev–Trinajstić information content (AvgIpc) is 2.36. The lowest BCUT2D eigenvalue weighted by molar-refractivity contribution is -0.143. The molecule has 0 saturated heterocycles. The first-order chi connectivity index (χ1) is 9.30. The van der Waals surface area contributed by atoms with Crippen LogP contribution in [0.2, 0.25) is 5.02 Å². The third-order valence-corrected chi connectivity index (χ3v) is 4.98. The second kappa shape index (κ2) is 7.01. The van der Waals surface area contributed by atoms with Gasteiger partial charge in [0.15, 0.2) is 0 Å². The zero-order chi connectivity index (χ0) is 15.3. The Bertz CT molecular complexity index is 575. The van der Waals surface area contributed by atoms with Crippen LogP contribution in [0.5, 0.6) is 0 Å². The van der Waals surface area contributed by atoms with E-state index in [1.54, 1.807) is 20.8 Å². The van der Waals surface area contributed by atoms with Crippen LogP contribution in [0.1, 0.15) is 20.8 Å². The monoisotopic (exact) mass is 320 g/mol. The lowest BCUT2D eigenvalue weighted by atomic mass is 10.4. The van der Waals surface area contributed by atoms with Crippen LogP contribution in [0.25, 0.3) is 0 Å². The number of esters is 1. The summed E-state index contributed by atoms with van der Waals surface area (Å²) >= 11 is 5.89. The molecule has 1 aromatic heterocycles. The standard InChI is InChI=1S/C12H17ClN2O4S/c1-4-19-12(16)8-15(9(2)3)20(17,18)11-7-14-6-5-10(11)13/h5-7,9H,4,8H2,1-3H3. The number of hydrogen-bond donors (Lipinski definition) is 0. The van der Waals surface area contributed by atoms with Gasteiger partial charge in [-0.25, -0.2) is 8.42 Å². The summed E-state index contributed by atoms with van der Waals surface area (Å²) in [6.45, 7) is 4.82. The highest BCUT2D eigenvalue weighted by molar-refractivity contribution is 7.89. The number of carbonyl (C=O) groups is 1. The molecule has 1 rings (SSSR count). The Kier molecular flexibility index (Phi) is 5.91. The highest BCUT2D eigenvalue weighted by Crippen LogP contribution is 2.24. The van der Waals surface area contributed by atoms with Crippen LogP contribution in [0.15, 0.2) is 23.4 Å². The maximum atomic E-state index is 12.5. The number of pyridine rings is 1. The van der Waals surface area contributed by atoms with E-state index in [-0.39, 0.29) is 23.1 Å². The molecule has 0 aromatic carbocycles. The zero-order valence-corrected chi connectivity index (χ0v) is 13.1. The quantitative estimate of drug-likeness (QED) is 0.746. The number of hydrogen-bond acceptors (Lipinski definition) is 5. The van der Waals surface area contributed by atoms with Gasteiger partial charge in [0.25, 0.3) is 0 Å². The number of nitrogens with zero attached hydrogens (tertiary/aromatic N) is 2. The van der Waals surface area contributed by atoms with Crippen molar-refractivity contribution in [2.75, 3.05) is 13.2 Å². The van der Waals surface area contributed by atoms with E-state index in [0.717, 1.165) is 10.5 Å². The fourth-order valence-corrected chi connectivity index (χ4v) is 3.55. The molecule has 0 fully saturated rings. The summed E-state index contributed by atoms with van der Waals surface area (Å²) < 4.78 is 30.9. The van der Waals surface area contributed by atoms with Gasteiger partial charge in [-0.05, 0) is 26.8 Å². The molecule has 0 aliphatic heterocycles. The minimum Gasteiger partial charge on any atom is -0.465 e. The van der Waals surface area contributed by atoms with Crippen molar-refractivity contribution in [3.8, 4) is 0 Å². The molecule has 0 saturated carbocycles. The van der Waals surface area contributed by atoms with E-state index in [1.165, 1.54) is 12.3 Å². The first-order valence-corrected chi connectivity index (χ1v) is 7.89. The zero-order valence-electron chi connectivity index (χ0n) is 11.5. The first kappa shape index (κ1) is 16.9. The fourth-order valence-electron chi connectivity index (χ4n) is 1.56. The summed E-state index contributed by atoms with van der Waals surface area (Å²) in [5, 5.41) is 0.0644. The Balaban J connectivity index is 3.14. The van der Waals surface area contributed by atoms with E-state index < -0.39 is 22.0 Å². The Morgan fingerprint density at radius 2 is 2.15 bits per heavy atom. The van der Waals surface area contributed by atoms with Crippen LogP contribution >= 0.6 is 11.6 Å². The summed E-state index contributed by atoms with van der Waals surface area (Å²) in [5.41, 5.74) is 0. The Labute approximate surface area is 123 Å². The van der Waals surface area contributed by atoms with Crippen molar-refractivity contribution in [1.82, 2.24) is 9.29 Å². The smallest absolute Gasteiger partial charge is 0.321 e. The minimum atomic E-state index is -3.91.